The number of aliphatic carboxylic acids is 1. The molecule has 5 rings (SSSR count). The van der Waals surface area contributed by atoms with Crippen LogP contribution in [0.3, 0.4) is 0 Å². The standard InChI is InChI=1S/C30H33NO5S/c1-19-14-25(36-12-3-13-37(2,34)35)16-23-7-6-22-5-4-20(15-27(22)29(19)23)18-31-24-10-8-21(9-11-24)26-17-28(26)30(32)33/h4-5,8-11,14-16,26,28,31H,3,6-7,12-13,17-18H2,1-2H3,(H,32,33)/t26-,28+/m1/s1. The molecule has 7 heteroatoms. The molecule has 0 radical (unpaired) electrons. The van der Waals surface area contributed by atoms with Crippen LogP contribution in [0.4, 0.5) is 5.69 Å². The zero-order valence-corrected chi connectivity index (χ0v) is 22.1. The fourth-order valence-electron chi connectivity index (χ4n) is 5.34. The molecule has 0 unspecified atom stereocenters. The first kappa shape index (κ1) is 25.3. The zero-order chi connectivity index (χ0) is 26.2. The third kappa shape index (κ3) is 5.99. The maximum absolute atomic E-state index is 11.4. The minimum absolute atomic E-state index is 0.136. The number of aryl methyl sites for hydroxylation is 3. The van der Waals surface area contributed by atoms with Crippen LogP contribution in [0.1, 0.15) is 46.6 Å². The predicted molar refractivity (Wildman–Crippen MR) is 146 cm³/mol. The molecule has 0 amide bonds. The van der Waals surface area contributed by atoms with Crippen LogP contribution in [-0.4, -0.2) is 38.1 Å². The summed E-state index contributed by atoms with van der Waals surface area (Å²) >= 11 is 0. The van der Waals surface area contributed by atoms with E-state index in [4.69, 9.17) is 9.84 Å². The monoisotopic (exact) mass is 519 g/mol. The third-order valence-electron chi connectivity index (χ3n) is 7.37. The molecule has 6 nitrogen and oxygen atoms in total. The van der Waals surface area contributed by atoms with Gasteiger partial charge < -0.3 is 15.2 Å². The molecule has 2 atom stereocenters. The van der Waals surface area contributed by atoms with Crippen LogP contribution in [-0.2, 0) is 34.0 Å². The summed E-state index contributed by atoms with van der Waals surface area (Å²) < 4.78 is 28.6. The number of anilines is 1. The quantitative estimate of drug-likeness (QED) is 0.350. The zero-order valence-electron chi connectivity index (χ0n) is 21.3. The van der Waals surface area contributed by atoms with Crippen LogP contribution in [0.5, 0.6) is 5.75 Å². The van der Waals surface area contributed by atoms with Gasteiger partial charge in [-0.15, -0.1) is 0 Å². The summed E-state index contributed by atoms with van der Waals surface area (Å²) in [5.41, 5.74) is 9.63. The molecule has 0 spiro atoms. The molecule has 0 bridgehead atoms. The molecule has 3 aromatic carbocycles. The number of hydrogen-bond acceptors (Lipinski definition) is 5. The van der Waals surface area contributed by atoms with Gasteiger partial charge in [0, 0.05) is 18.5 Å². The molecule has 1 fully saturated rings. The molecule has 2 aliphatic carbocycles. The summed E-state index contributed by atoms with van der Waals surface area (Å²) in [6.45, 7) is 3.20. The van der Waals surface area contributed by atoms with Gasteiger partial charge in [0.05, 0.1) is 18.3 Å². The second kappa shape index (κ2) is 10.2. The fraction of sp³-hybridized carbons (Fsp3) is 0.367. The maximum atomic E-state index is 11.4. The van der Waals surface area contributed by atoms with E-state index < -0.39 is 15.8 Å². The van der Waals surface area contributed by atoms with E-state index in [1.165, 1.54) is 34.1 Å². The number of fused-ring (bicyclic) bond motifs is 3. The van der Waals surface area contributed by atoms with Crippen LogP contribution in [0.25, 0.3) is 11.1 Å². The van der Waals surface area contributed by atoms with Crippen molar-refractivity contribution >= 4 is 21.5 Å². The van der Waals surface area contributed by atoms with Crippen molar-refractivity contribution in [3.05, 3.63) is 82.4 Å². The Bertz CT molecular complexity index is 1430. The van der Waals surface area contributed by atoms with Gasteiger partial charge in [0.15, 0.2) is 0 Å². The van der Waals surface area contributed by atoms with E-state index in [0.717, 1.165) is 41.8 Å². The van der Waals surface area contributed by atoms with Crippen LogP contribution in [0, 0.1) is 12.8 Å². The van der Waals surface area contributed by atoms with E-state index in [1.54, 1.807) is 0 Å². The Morgan fingerprint density at radius 2 is 1.81 bits per heavy atom. The largest absolute Gasteiger partial charge is 0.494 e. The predicted octanol–water partition coefficient (Wildman–Crippen LogP) is 5.37. The first-order valence-corrected chi connectivity index (χ1v) is 14.9. The van der Waals surface area contributed by atoms with Gasteiger partial charge >= 0.3 is 5.97 Å². The van der Waals surface area contributed by atoms with Crippen molar-refractivity contribution in [3.63, 3.8) is 0 Å². The van der Waals surface area contributed by atoms with Gasteiger partial charge in [0.1, 0.15) is 15.6 Å². The van der Waals surface area contributed by atoms with Gasteiger partial charge in [-0.1, -0.05) is 24.3 Å². The van der Waals surface area contributed by atoms with Gasteiger partial charge in [-0.3, -0.25) is 4.79 Å². The number of carboxylic acids is 1. The van der Waals surface area contributed by atoms with E-state index in [-0.39, 0.29) is 17.6 Å². The van der Waals surface area contributed by atoms with E-state index in [0.29, 0.717) is 19.6 Å². The minimum Gasteiger partial charge on any atom is -0.494 e. The van der Waals surface area contributed by atoms with Gasteiger partial charge in [0.2, 0.25) is 0 Å². The molecule has 0 aliphatic heterocycles. The van der Waals surface area contributed by atoms with Crippen molar-refractivity contribution in [2.75, 3.05) is 23.9 Å². The van der Waals surface area contributed by atoms with Crippen LogP contribution in [0.15, 0.2) is 54.6 Å². The highest BCUT2D eigenvalue weighted by Gasteiger charge is 2.44. The molecular weight excluding hydrogens is 486 g/mol. The third-order valence-corrected chi connectivity index (χ3v) is 8.40. The minimum atomic E-state index is -2.97. The van der Waals surface area contributed by atoms with Crippen LogP contribution < -0.4 is 10.1 Å². The number of benzene rings is 3. The fourth-order valence-corrected chi connectivity index (χ4v) is 5.99. The summed E-state index contributed by atoms with van der Waals surface area (Å²) in [5.74, 6) is 0.147. The average molecular weight is 520 g/mol. The first-order valence-electron chi connectivity index (χ1n) is 12.8. The van der Waals surface area contributed by atoms with Gasteiger partial charge in [-0.25, -0.2) is 8.42 Å². The normalized spacial score (nSPS) is 18.0. The Balaban J connectivity index is 1.25. The van der Waals surface area contributed by atoms with Crippen molar-refractivity contribution in [1.29, 1.82) is 0 Å². The molecule has 2 aliphatic rings. The number of ether oxygens (including phenoxy) is 1. The van der Waals surface area contributed by atoms with Gasteiger partial charge in [0.25, 0.3) is 0 Å². The molecule has 1 saturated carbocycles. The lowest BCUT2D eigenvalue weighted by Crippen LogP contribution is -2.10. The van der Waals surface area contributed by atoms with E-state index in [1.807, 2.05) is 24.3 Å². The first-order chi connectivity index (χ1) is 17.7. The Kier molecular flexibility index (Phi) is 6.99. The van der Waals surface area contributed by atoms with Crippen LogP contribution in [0.2, 0.25) is 0 Å². The molecule has 3 aromatic rings. The number of carbonyl (C=O) groups is 1. The van der Waals surface area contributed by atoms with Crippen LogP contribution >= 0.6 is 0 Å². The van der Waals surface area contributed by atoms with E-state index >= 15 is 0 Å². The van der Waals surface area contributed by atoms with Crippen molar-refractivity contribution in [2.24, 2.45) is 5.92 Å². The highest BCUT2D eigenvalue weighted by Crippen LogP contribution is 2.47. The maximum Gasteiger partial charge on any atom is 0.307 e. The molecule has 0 aromatic heterocycles. The lowest BCUT2D eigenvalue weighted by Gasteiger charge is -2.24. The summed E-state index contributed by atoms with van der Waals surface area (Å²) in [4.78, 5) is 11.1. The smallest absolute Gasteiger partial charge is 0.307 e. The second-order valence-electron chi connectivity index (χ2n) is 10.4. The number of hydrogen-bond donors (Lipinski definition) is 2. The number of carboxylic acid groups (broad SMARTS) is 1. The van der Waals surface area contributed by atoms with Gasteiger partial charge in [-0.2, -0.15) is 0 Å². The van der Waals surface area contributed by atoms with E-state index in [9.17, 15) is 13.2 Å². The lowest BCUT2D eigenvalue weighted by molar-refractivity contribution is -0.138. The molecular formula is C30H33NO5S. The van der Waals surface area contributed by atoms with Crippen molar-refractivity contribution in [1.82, 2.24) is 0 Å². The van der Waals surface area contributed by atoms with E-state index in [2.05, 4.69) is 42.6 Å². The van der Waals surface area contributed by atoms with Crippen molar-refractivity contribution < 1.29 is 23.1 Å². The SMILES string of the molecule is Cc1cc(OCCCS(C)(=O)=O)cc2c1-c1cc(CNc3ccc([C@H]4C[C@@H]4C(=O)O)cc3)ccc1CC2. The summed E-state index contributed by atoms with van der Waals surface area (Å²) in [6, 6.07) is 19.0. The highest BCUT2D eigenvalue weighted by atomic mass is 32.2. The average Bonchev–Trinajstić information content (AvgIpc) is 3.66. The van der Waals surface area contributed by atoms with Crippen molar-refractivity contribution in [3.8, 4) is 16.9 Å². The Morgan fingerprint density at radius 3 is 2.51 bits per heavy atom. The Hall–Kier alpha value is -3.32. The summed E-state index contributed by atoms with van der Waals surface area (Å²) in [6.07, 6.45) is 4.40. The number of rotatable bonds is 10. The lowest BCUT2D eigenvalue weighted by atomic mass is 9.82. The molecule has 194 valence electrons. The summed E-state index contributed by atoms with van der Waals surface area (Å²) in [5, 5.41) is 12.7. The van der Waals surface area contributed by atoms with Crippen molar-refractivity contribution in [2.45, 2.75) is 45.1 Å². The highest BCUT2D eigenvalue weighted by molar-refractivity contribution is 7.90. The molecule has 37 heavy (non-hydrogen) atoms. The Morgan fingerprint density at radius 1 is 1.05 bits per heavy atom. The Labute approximate surface area is 218 Å². The summed E-state index contributed by atoms with van der Waals surface area (Å²) in [7, 11) is -2.97. The number of sulfone groups is 1. The molecule has 0 saturated heterocycles. The second-order valence-corrected chi connectivity index (χ2v) is 12.6. The molecule has 2 N–H and O–H groups in total. The molecule has 0 heterocycles. The number of nitrogens with one attached hydrogen (secondary N) is 1. The topological polar surface area (TPSA) is 92.7 Å². The van der Waals surface area contributed by atoms with Gasteiger partial charge in [-0.05, 0) is 108 Å².